The third-order valence-electron chi connectivity index (χ3n) is 1.33. The highest BCUT2D eigenvalue weighted by Gasteiger charge is 2.05. The van der Waals surface area contributed by atoms with E-state index in [4.69, 9.17) is 11.6 Å². The molecule has 0 saturated heterocycles. The third-order valence-corrected chi connectivity index (χ3v) is 2.07. The molecule has 13 heavy (non-hydrogen) atoms. The number of halogens is 2. The Morgan fingerprint density at radius 3 is 3.00 bits per heavy atom. The summed E-state index contributed by atoms with van der Waals surface area (Å²) in [7, 11) is 0. The Hall–Kier alpha value is -1.01. The predicted molar refractivity (Wildman–Crippen MR) is 49.7 cm³/mol. The highest BCUT2D eigenvalue weighted by molar-refractivity contribution is 9.10. The SMILES string of the molecule is Clc1ncc(Br)c(-n2cncn2)n1. The molecule has 0 radical (unpaired) electrons. The zero-order valence-corrected chi connectivity index (χ0v) is 8.57. The lowest BCUT2D eigenvalue weighted by atomic mass is 10.6. The Kier molecular flexibility index (Phi) is 2.24. The summed E-state index contributed by atoms with van der Waals surface area (Å²) in [5, 5.41) is 4.09. The first-order valence-corrected chi connectivity index (χ1v) is 4.47. The van der Waals surface area contributed by atoms with Gasteiger partial charge in [0.25, 0.3) is 0 Å². The van der Waals surface area contributed by atoms with Gasteiger partial charge in [-0.3, -0.25) is 0 Å². The van der Waals surface area contributed by atoms with E-state index in [1.165, 1.54) is 17.3 Å². The molecule has 0 atom stereocenters. The second-order valence-corrected chi connectivity index (χ2v) is 3.34. The van der Waals surface area contributed by atoms with Crippen LogP contribution in [0.5, 0.6) is 0 Å². The molecule has 66 valence electrons. The van der Waals surface area contributed by atoms with Crippen molar-refractivity contribution in [1.82, 2.24) is 24.7 Å². The van der Waals surface area contributed by atoms with E-state index in [0.717, 1.165) is 0 Å². The van der Waals surface area contributed by atoms with Gasteiger partial charge in [-0.1, -0.05) is 0 Å². The van der Waals surface area contributed by atoms with Gasteiger partial charge >= 0.3 is 0 Å². The normalized spacial score (nSPS) is 10.3. The maximum absolute atomic E-state index is 5.63. The minimum atomic E-state index is 0.175. The van der Waals surface area contributed by atoms with Gasteiger partial charge < -0.3 is 0 Å². The van der Waals surface area contributed by atoms with Gasteiger partial charge in [-0.2, -0.15) is 10.1 Å². The fourth-order valence-corrected chi connectivity index (χ4v) is 1.32. The van der Waals surface area contributed by atoms with Crippen LogP contribution in [-0.2, 0) is 0 Å². The molecule has 7 heteroatoms. The van der Waals surface area contributed by atoms with Crippen molar-refractivity contribution in [2.45, 2.75) is 0 Å². The topological polar surface area (TPSA) is 56.5 Å². The molecular formula is C6H3BrClN5. The molecule has 0 unspecified atom stereocenters. The van der Waals surface area contributed by atoms with Gasteiger partial charge in [-0.05, 0) is 27.5 Å². The molecule has 0 aliphatic rings. The summed E-state index contributed by atoms with van der Waals surface area (Å²) in [6.45, 7) is 0. The third kappa shape index (κ3) is 1.68. The molecule has 2 heterocycles. The summed E-state index contributed by atoms with van der Waals surface area (Å²) in [4.78, 5) is 11.6. The maximum Gasteiger partial charge on any atom is 0.224 e. The van der Waals surface area contributed by atoms with Crippen LogP contribution >= 0.6 is 27.5 Å². The number of aromatic nitrogens is 5. The summed E-state index contributed by atoms with van der Waals surface area (Å²) in [5.74, 6) is 0.567. The second-order valence-electron chi connectivity index (χ2n) is 2.15. The Labute approximate surface area is 86.9 Å². The number of hydrogen-bond donors (Lipinski definition) is 0. The lowest BCUT2D eigenvalue weighted by Gasteiger charge is -2.00. The van der Waals surface area contributed by atoms with Crippen molar-refractivity contribution < 1.29 is 0 Å². The molecule has 0 N–H and O–H groups in total. The van der Waals surface area contributed by atoms with Gasteiger partial charge in [-0.15, -0.1) is 0 Å². The Bertz CT molecular complexity index is 415. The largest absolute Gasteiger partial charge is 0.225 e. The monoisotopic (exact) mass is 259 g/mol. The first kappa shape index (κ1) is 8.58. The average Bonchev–Trinajstić information content (AvgIpc) is 2.61. The molecular weight excluding hydrogens is 257 g/mol. The van der Waals surface area contributed by atoms with E-state index in [9.17, 15) is 0 Å². The summed E-state index contributed by atoms with van der Waals surface area (Å²) >= 11 is 8.91. The number of hydrogen-bond acceptors (Lipinski definition) is 4. The average molecular weight is 260 g/mol. The molecule has 0 saturated carbocycles. The van der Waals surface area contributed by atoms with Gasteiger partial charge in [0.15, 0.2) is 5.82 Å². The zero-order valence-electron chi connectivity index (χ0n) is 6.22. The first-order valence-electron chi connectivity index (χ1n) is 3.30. The Balaban J connectivity index is 2.57. The van der Waals surface area contributed by atoms with E-state index in [0.29, 0.717) is 10.3 Å². The first-order chi connectivity index (χ1) is 6.27. The maximum atomic E-state index is 5.63. The lowest BCUT2D eigenvalue weighted by Crippen LogP contribution is -2.00. The highest BCUT2D eigenvalue weighted by atomic mass is 79.9. The van der Waals surface area contributed by atoms with Crippen LogP contribution in [0, 0.1) is 0 Å². The van der Waals surface area contributed by atoms with Crippen LogP contribution in [0.1, 0.15) is 0 Å². The molecule has 2 aromatic heterocycles. The van der Waals surface area contributed by atoms with E-state index in [1.54, 1.807) is 6.20 Å². The van der Waals surface area contributed by atoms with Crippen LogP contribution < -0.4 is 0 Å². The highest BCUT2D eigenvalue weighted by Crippen LogP contribution is 2.17. The quantitative estimate of drug-likeness (QED) is 0.729. The van der Waals surface area contributed by atoms with Crippen molar-refractivity contribution in [3.8, 4) is 5.82 Å². The van der Waals surface area contributed by atoms with E-state index in [-0.39, 0.29) is 5.28 Å². The van der Waals surface area contributed by atoms with Crippen molar-refractivity contribution in [3.63, 3.8) is 0 Å². The summed E-state index contributed by atoms with van der Waals surface area (Å²) in [6, 6.07) is 0. The molecule has 0 amide bonds. The fraction of sp³-hybridized carbons (Fsp3) is 0. The molecule has 2 rings (SSSR count). The minimum Gasteiger partial charge on any atom is -0.225 e. The molecule has 0 fully saturated rings. The number of rotatable bonds is 1. The molecule has 0 spiro atoms. The molecule has 0 aliphatic heterocycles. The summed E-state index contributed by atoms with van der Waals surface area (Å²) in [5.41, 5.74) is 0. The van der Waals surface area contributed by atoms with Crippen molar-refractivity contribution in [1.29, 1.82) is 0 Å². The summed E-state index contributed by atoms with van der Waals surface area (Å²) in [6.07, 6.45) is 4.51. The van der Waals surface area contributed by atoms with Crippen molar-refractivity contribution >= 4 is 27.5 Å². The molecule has 0 bridgehead atoms. The van der Waals surface area contributed by atoms with Crippen LogP contribution in [0.25, 0.3) is 5.82 Å². The van der Waals surface area contributed by atoms with Crippen molar-refractivity contribution in [3.05, 3.63) is 28.6 Å². The molecule has 2 aromatic rings. The molecule has 0 aliphatic carbocycles. The van der Waals surface area contributed by atoms with Gasteiger partial charge in [0.05, 0.1) is 4.47 Å². The van der Waals surface area contributed by atoms with Gasteiger partial charge in [0, 0.05) is 6.20 Å². The van der Waals surface area contributed by atoms with Crippen LogP contribution in [0.3, 0.4) is 0 Å². The van der Waals surface area contributed by atoms with E-state index >= 15 is 0 Å². The van der Waals surface area contributed by atoms with Crippen LogP contribution in [0.15, 0.2) is 23.3 Å². The second kappa shape index (κ2) is 3.39. The number of nitrogens with zero attached hydrogens (tertiary/aromatic N) is 5. The molecule has 5 nitrogen and oxygen atoms in total. The zero-order chi connectivity index (χ0) is 9.26. The lowest BCUT2D eigenvalue weighted by molar-refractivity contribution is 0.832. The minimum absolute atomic E-state index is 0.175. The van der Waals surface area contributed by atoms with Crippen LogP contribution in [0.4, 0.5) is 0 Å². The smallest absolute Gasteiger partial charge is 0.224 e. The summed E-state index contributed by atoms with van der Waals surface area (Å²) < 4.78 is 2.21. The van der Waals surface area contributed by atoms with Crippen molar-refractivity contribution in [2.24, 2.45) is 0 Å². The van der Waals surface area contributed by atoms with Crippen LogP contribution in [0.2, 0.25) is 5.28 Å². The van der Waals surface area contributed by atoms with Gasteiger partial charge in [0.2, 0.25) is 5.28 Å². The molecule has 0 aromatic carbocycles. The predicted octanol–water partition coefficient (Wildman–Crippen LogP) is 1.47. The Morgan fingerprint density at radius 1 is 1.46 bits per heavy atom. The van der Waals surface area contributed by atoms with Crippen LogP contribution in [-0.4, -0.2) is 24.7 Å². The fourth-order valence-electron chi connectivity index (χ4n) is 0.816. The van der Waals surface area contributed by atoms with E-state index in [1.807, 2.05) is 0 Å². The van der Waals surface area contributed by atoms with Gasteiger partial charge in [0.1, 0.15) is 12.7 Å². The van der Waals surface area contributed by atoms with Gasteiger partial charge in [-0.25, -0.2) is 14.6 Å². The van der Waals surface area contributed by atoms with E-state index in [2.05, 4.69) is 36.0 Å². The van der Waals surface area contributed by atoms with Crippen molar-refractivity contribution in [2.75, 3.05) is 0 Å². The Morgan fingerprint density at radius 2 is 2.31 bits per heavy atom. The standard InChI is InChI=1S/C6H3BrClN5/c7-4-1-10-6(8)12-5(4)13-3-9-2-11-13/h1-3H. The van der Waals surface area contributed by atoms with E-state index < -0.39 is 0 Å².